The maximum Gasteiger partial charge on any atom is 0.364 e. The van der Waals surface area contributed by atoms with Gasteiger partial charge < -0.3 is 4.42 Å². The molecule has 94 valence electrons. The Kier molecular flexibility index (Phi) is 2.38. The summed E-state index contributed by atoms with van der Waals surface area (Å²) in [6.07, 6.45) is 0. The third-order valence-electron chi connectivity index (χ3n) is 2.55. The molecule has 0 unspecified atom stereocenters. The topological polar surface area (TPSA) is 109 Å². The Morgan fingerprint density at radius 1 is 1.00 bits per heavy atom. The third-order valence-corrected chi connectivity index (χ3v) is 2.55. The van der Waals surface area contributed by atoms with Gasteiger partial charge in [0.15, 0.2) is 11.0 Å². The fraction of sp³-hybridized carbons (Fsp3) is 0. The first kappa shape index (κ1) is 11.1. The minimum absolute atomic E-state index is 0.0237. The van der Waals surface area contributed by atoms with Gasteiger partial charge in [-0.3, -0.25) is 14.8 Å². The molecule has 0 saturated heterocycles. The molecule has 0 aliphatic carbocycles. The predicted octanol–water partition coefficient (Wildman–Crippen LogP) is 0.232. The number of aromatic amines is 2. The van der Waals surface area contributed by atoms with E-state index in [0.29, 0.717) is 5.56 Å². The molecule has 7 heteroatoms. The molecule has 0 spiro atoms. The lowest BCUT2D eigenvalue weighted by molar-refractivity contribution is 0.515. The van der Waals surface area contributed by atoms with Crippen LogP contribution in [-0.2, 0) is 0 Å². The fourth-order valence-corrected chi connectivity index (χ4v) is 1.70. The van der Waals surface area contributed by atoms with Gasteiger partial charge in [-0.05, 0) is 12.1 Å². The highest BCUT2D eigenvalue weighted by molar-refractivity contribution is 5.72. The van der Waals surface area contributed by atoms with E-state index in [4.69, 9.17) is 4.42 Å². The van der Waals surface area contributed by atoms with Gasteiger partial charge in [0.05, 0.1) is 0 Å². The van der Waals surface area contributed by atoms with Crippen LogP contribution < -0.4 is 16.9 Å². The molecule has 3 rings (SSSR count). The Morgan fingerprint density at radius 3 is 2.47 bits per heavy atom. The zero-order valence-electron chi connectivity index (χ0n) is 9.47. The second-order valence-electron chi connectivity index (χ2n) is 3.80. The summed E-state index contributed by atoms with van der Waals surface area (Å²) < 4.78 is 5.00. The van der Waals surface area contributed by atoms with Crippen LogP contribution in [0.25, 0.3) is 22.5 Å². The molecule has 0 amide bonds. The summed E-state index contributed by atoms with van der Waals surface area (Å²) >= 11 is 0. The summed E-state index contributed by atoms with van der Waals surface area (Å²) in [5.41, 5.74) is -2.16. The van der Waals surface area contributed by atoms with Crippen molar-refractivity contribution in [2.75, 3.05) is 0 Å². The molecule has 2 aromatic heterocycles. The van der Waals surface area contributed by atoms with Gasteiger partial charge in [0.2, 0.25) is 5.89 Å². The lowest BCUT2D eigenvalue weighted by atomic mass is 10.2. The molecule has 2 N–H and O–H groups in total. The van der Waals surface area contributed by atoms with E-state index in [-0.39, 0.29) is 16.9 Å². The minimum atomic E-state index is -0.813. The summed E-state index contributed by atoms with van der Waals surface area (Å²) in [7, 11) is 0. The number of hydrogen-bond acceptors (Lipinski definition) is 5. The molecule has 0 bridgehead atoms. The molecule has 19 heavy (non-hydrogen) atoms. The quantitative estimate of drug-likeness (QED) is 0.648. The van der Waals surface area contributed by atoms with Crippen LogP contribution in [0.5, 0.6) is 0 Å². The molecule has 2 heterocycles. The van der Waals surface area contributed by atoms with E-state index >= 15 is 0 Å². The molecule has 0 atom stereocenters. The van der Waals surface area contributed by atoms with Crippen LogP contribution in [0.3, 0.4) is 0 Å². The molecule has 0 radical (unpaired) electrons. The number of H-pyrrole nitrogens is 2. The van der Waals surface area contributed by atoms with Crippen molar-refractivity contribution in [2.24, 2.45) is 0 Å². The van der Waals surface area contributed by atoms with Crippen LogP contribution in [0, 0.1) is 0 Å². The largest absolute Gasteiger partial charge is 0.402 e. The Bertz CT molecular complexity index is 921. The normalized spacial score (nSPS) is 10.7. The van der Waals surface area contributed by atoms with Crippen LogP contribution >= 0.6 is 0 Å². The highest BCUT2D eigenvalue weighted by Crippen LogP contribution is 2.15. The Balaban J connectivity index is 2.41. The van der Waals surface area contributed by atoms with Gasteiger partial charge in [-0.25, -0.2) is 14.6 Å². The zero-order chi connectivity index (χ0) is 13.4. The van der Waals surface area contributed by atoms with Gasteiger partial charge in [0.1, 0.15) is 0 Å². The summed E-state index contributed by atoms with van der Waals surface area (Å²) in [5.74, 6) is 0.0237. The van der Waals surface area contributed by atoms with Crippen LogP contribution in [0.1, 0.15) is 0 Å². The number of fused-ring (bicyclic) bond motifs is 1. The Hall–Kier alpha value is -2.96. The van der Waals surface area contributed by atoms with E-state index in [1.807, 2.05) is 4.98 Å². The van der Waals surface area contributed by atoms with Gasteiger partial charge in [-0.15, -0.1) is 0 Å². The van der Waals surface area contributed by atoms with E-state index in [2.05, 4.69) is 9.97 Å². The molecule has 7 nitrogen and oxygen atoms in total. The van der Waals surface area contributed by atoms with Crippen molar-refractivity contribution in [2.45, 2.75) is 0 Å². The van der Waals surface area contributed by atoms with Gasteiger partial charge in [0.25, 0.3) is 5.56 Å². The van der Waals surface area contributed by atoms with Crippen molar-refractivity contribution in [3.05, 3.63) is 61.6 Å². The van der Waals surface area contributed by atoms with Crippen molar-refractivity contribution in [3.8, 4) is 11.5 Å². The Morgan fingerprint density at radius 2 is 1.74 bits per heavy atom. The molecule has 0 aliphatic heterocycles. The maximum absolute atomic E-state index is 11.7. The van der Waals surface area contributed by atoms with Crippen molar-refractivity contribution in [3.63, 3.8) is 0 Å². The monoisotopic (exact) mass is 257 g/mol. The van der Waals surface area contributed by atoms with Crippen molar-refractivity contribution >= 4 is 11.0 Å². The molecule has 0 saturated carbocycles. The minimum Gasteiger partial charge on any atom is -0.402 e. The smallest absolute Gasteiger partial charge is 0.364 e. The molecule has 0 aliphatic rings. The lowest BCUT2D eigenvalue weighted by Gasteiger charge is -2.00. The standard InChI is InChI=1S/C12H7N3O4/c16-9-7-8(14-12(18)15-9)11(17)19-10(13-7)6-4-2-1-3-5-6/h1-5H,(H2,14,15,16,18). The van der Waals surface area contributed by atoms with Gasteiger partial charge in [0, 0.05) is 5.56 Å². The van der Waals surface area contributed by atoms with Gasteiger partial charge in [-0.1, -0.05) is 18.2 Å². The predicted molar refractivity (Wildman–Crippen MR) is 67.0 cm³/mol. The summed E-state index contributed by atoms with van der Waals surface area (Å²) in [6, 6.07) is 8.68. The van der Waals surface area contributed by atoms with E-state index in [1.165, 1.54) is 0 Å². The third kappa shape index (κ3) is 1.86. The van der Waals surface area contributed by atoms with Crippen LogP contribution in [0.15, 0.2) is 49.1 Å². The number of nitrogens with one attached hydrogen (secondary N) is 2. The SMILES string of the molecule is O=c1[nH]c(=O)c2nc(-c3ccccc3)oc(=O)c2[nH]1. The van der Waals surface area contributed by atoms with Gasteiger partial charge >= 0.3 is 11.3 Å². The Labute approximate surface area is 104 Å². The summed E-state index contributed by atoms with van der Waals surface area (Å²) in [6.45, 7) is 0. The second-order valence-corrected chi connectivity index (χ2v) is 3.80. The molecule has 1 aromatic carbocycles. The van der Waals surface area contributed by atoms with Crippen LogP contribution in [-0.4, -0.2) is 15.0 Å². The highest BCUT2D eigenvalue weighted by Gasteiger charge is 2.11. The molecular formula is C12H7N3O4. The lowest BCUT2D eigenvalue weighted by Crippen LogP contribution is -2.26. The average Bonchev–Trinajstić information content (AvgIpc) is 2.41. The van der Waals surface area contributed by atoms with Crippen LogP contribution in [0.2, 0.25) is 0 Å². The zero-order valence-corrected chi connectivity index (χ0v) is 9.47. The first-order valence-electron chi connectivity index (χ1n) is 5.38. The van der Waals surface area contributed by atoms with Crippen molar-refractivity contribution in [1.29, 1.82) is 0 Å². The van der Waals surface area contributed by atoms with E-state index < -0.39 is 16.9 Å². The number of rotatable bonds is 1. The van der Waals surface area contributed by atoms with E-state index in [0.717, 1.165) is 0 Å². The number of aromatic nitrogens is 3. The second kappa shape index (κ2) is 4.05. The molecule has 3 aromatic rings. The van der Waals surface area contributed by atoms with E-state index in [1.54, 1.807) is 30.3 Å². The highest BCUT2D eigenvalue weighted by atomic mass is 16.4. The fourth-order valence-electron chi connectivity index (χ4n) is 1.70. The molecule has 0 fully saturated rings. The average molecular weight is 257 g/mol. The number of benzene rings is 1. The van der Waals surface area contributed by atoms with E-state index in [9.17, 15) is 14.4 Å². The van der Waals surface area contributed by atoms with Crippen molar-refractivity contribution < 1.29 is 4.42 Å². The number of hydrogen-bond donors (Lipinski definition) is 2. The summed E-state index contributed by atoms with van der Waals surface area (Å²) in [5, 5.41) is 0. The molecular weight excluding hydrogens is 250 g/mol. The first-order valence-corrected chi connectivity index (χ1v) is 5.38. The van der Waals surface area contributed by atoms with Gasteiger partial charge in [-0.2, -0.15) is 0 Å². The maximum atomic E-state index is 11.7. The van der Waals surface area contributed by atoms with Crippen LogP contribution in [0.4, 0.5) is 0 Å². The first-order chi connectivity index (χ1) is 9.15. The number of nitrogens with zero attached hydrogens (tertiary/aromatic N) is 1. The van der Waals surface area contributed by atoms with Crippen molar-refractivity contribution in [1.82, 2.24) is 15.0 Å². The summed E-state index contributed by atoms with van der Waals surface area (Å²) in [4.78, 5) is 42.6.